The Bertz CT molecular complexity index is 533. The first kappa shape index (κ1) is 13.1. The maximum Gasteiger partial charge on any atom is 0.410 e. The van der Waals surface area contributed by atoms with Crippen LogP contribution in [0, 0.1) is 5.92 Å². The fraction of sp³-hybridized carbons (Fsp3) is 0.588. The monoisotopic (exact) mass is 286 g/mol. The van der Waals surface area contributed by atoms with Crippen molar-refractivity contribution in [3.8, 4) is 0 Å². The number of carbonyl (C=O) groups excluding carboxylic acids is 1. The van der Waals surface area contributed by atoms with Crippen LogP contribution in [0.15, 0.2) is 30.3 Å². The minimum absolute atomic E-state index is 0.0117. The van der Waals surface area contributed by atoms with Gasteiger partial charge in [0.15, 0.2) is 0 Å². The van der Waals surface area contributed by atoms with Crippen molar-refractivity contribution in [2.45, 2.75) is 44.5 Å². The molecule has 1 amide bonds. The predicted molar refractivity (Wildman–Crippen MR) is 79.8 cm³/mol. The number of cyclic esters (lactones) is 1. The Hall–Kier alpha value is -1.55. The quantitative estimate of drug-likeness (QED) is 0.837. The topological polar surface area (TPSA) is 32.8 Å². The highest BCUT2D eigenvalue weighted by molar-refractivity contribution is 5.71. The summed E-state index contributed by atoms with van der Waals surface area (Å²) >= 11 is 0. The number of amides is 1. The van der Waals surface area contributed by atoms with Gasteiger partial charge in [0.2, 0.25) is 0 Å². The lowest BCUT2D eigenvalue weighted by atomic mass is 9.90. The van der Waals surface area contributed by atoms with Gasteiger partial charge in [-0.05, 0) is 31.2 Å². The number of piperidine rings is 1. The third-order valence-corrected chi connectivity index (χ3v) is 5.27. The van der Waals surface area contributed by atoms with E-state index in [9.17, 15) is 4.79 Å². The number of carbonyl (C=O) groups is 1. The van der Waals surface area contributed by atoms with Gasteiger partial charge in [-0.2, -0.15) is 0 Å². The van der Waals surface area contributed by atoms with E-state index in [4.69, 9.17) is 4.74 Å². The van der Waals surface area contributed by atoms with Crippen LogP contribution in [0.3, 0.4) is 0 Å². The minimum atomic E-state index is -0.106. The molecule has 5 rings (SSSR count). The van der Waals surface area contributed by atoms with Crippen LogP contribution in [-0.4, -0.2) is 47.2 Å². The predicted octanol–water partition coefficient (Wildman–Crippen LogP) is 2.49. The van der Waals surface area contributed by atoms with Gasteiger partial charge in [0.1, 0.15) is 6.10 Å². The summed E-state index contributed by atoms with van der Waals surface area (Å²) in [6.07, 6.45) is 2.33. The summed E-state index contributed by atoms with van der Waals surface area (Å²) < 4.78 is 5.48. The molecule has 0 N–H and O–H groups in total. The Morgan fingerprint density at radius 1 is 1.19 bits per heavy atom. The molecular formula is C17H22N2O2. The Morgan fingerprint density at radius 3 is 2.81 bits per heavy atom. The zero-order chi connectivity index (χ0) is 14.4. The summed E-state index contributed by atoms with van der Waals surface area (Å²) in [5, 5.41) is 0. The third kappa shape index (κ3) is 2.22. The Labute approximate surface area is 125 Å². The molecule has 1 aromatic rings. The molecule has 0 radical (unpaired) electrons. The second-order valence-corrected chi connectivity index (χ2v) is 6.66. The van der Waals surface area contributed by atoms with Crippen LogP contribution in [0.25, 0.3) is 0 Å². The van der Waals surface area contributed by atoms with Crippen LogP contribution in [0.2, 0.25) is 0 Å². The number of rotatable bonds is 2. The molecule has 4 saturated heterocycles. The Balaban J connectivity index is 1.61. The number of hydrogen-bond acceptors (Lipinski definition) is 3. The molecule has 0 saturated carbocycles. The molecular weight excluding hydrogens is 264 g/mol. The van der Waals surface area contributed by atoms with Gasteiger partial charge < -0.3 is 4.74 Å². The fourth-order valence-corrected chi connectivity index (χ4v) is 4.35. The normalized spacial score (nSPS) is 35.5. The van der Waals surface area contributed by atoms with E-state index < -0.39 is 0 Å². The summed E-state index contributed by atoms with van der Waals surface area (Å²) in [6.45, 7) is 5.00. The van der Waals surface area contributed by atoms with Gasteiger partial charge in [0.05, 0.1) is 6.04 Å². The van der Waals surface area contributed by atoms with Crippen molar-refractivity contribution in [1.29, 1.82) is 0 Å². The van der Waals surface area contributed by atoms with Crippen LogP contribution in [0.4, 0.5) is 4.79 Å². The molecule has 4 nitrogen and oxygen atoms in total. The van der Waals surface area contributed by atoms with E-state index in [0.717, 1.165) is 19.6 Å². The fourth-order valence-electron chi connectivity index (χ4n) is 4.35. The standard InChI is InChI=1S/C17H22N2O2/c1-12-16-15-8-7-14(11-19(16)17(20)21-12)10-18(15)9-13-5-3-2-4-6-13/h2-6,12,14-16H,7-11H2,1H3/t12-,14+,15+,16-/m0/s1. The highest BCUT2D eigenvalue weighted by Crippen LogP contribution is 2.37. The van der Waals surface area contributed by atoms with E-state index >= 15 is 0 Å². The zero-order valence-corrected chi connectivity index (χ0v) is 12.4. The molecule has 21 heavy (non-hydrogen) atoms. The number of fused-ring (bicyclic) bond motifs is 2. The summed E-state index contributed by atoms with van der Waals surface area (Å²) in [7, 11) is 0. The van der Waals surface area contributed by atoms with Crippen LogP contribution in [-0.2, 0) is 11.3 Å². The first-order chi connectivity index (χ1) is 10.2. The van der Waals surface area contributed by atoms with Crippen molar-refractivity contribution in [3.63, 3.8) is 0 Å². The van der Waals surface area contributed by atoms with E-state index in [-0.39, 0.29) is 18.2 Å². The number of benzene rings is 1. The van der Waals surface area contributed by atoms with Crippen molar-refractivity contribution in [1.82, 2.24) is 9.80 Å². The van der Waals surface area contributed by atoms with Crippen LogP contribution < -0.4 is 0 Å². The van der Waals surface area contributed by atoms with E-state index in [2.05, 4.69) is 35.2 Å². The van der Waals surface area contributed by atoms with E-state index in [1.54, 1.807) is 0 Å². The van der Waals surface area contributed by atoms with E-state index in [0.29, 0.717) is 12.0 Å². The van der Waals surface area contributed by atoms with Gasteiger partial charge in [-0.15, -0.1) is 0 Å². The average Bonchev–Trinajstić information content (AvgIpc) is 2.66. The molecule has 0 spiro atoms. The van der Waals surface area contributed by atoms with Crippen LogP contribution in [0.5, 0.6) is 0 Å². The largest absolute Gasteiger partial charge is 0.444 e. The molecule has 0 aromatic heterocycles. The minimum Gasteiger partial charge on any atom is -0.444 e. The highest BCUT2D eigenvalue weighted by Gasteiger charge is 2.50. The van der Waals surface area contributed by atoms with Crippen molar-refractivity contribution in [3.05, 3.63) is 35.9 Å². The molecule has 4 fully saturated rings. The molecule has 0 unspecified atom stereocenters. The number of nitrogens with zero attached hydrogens (tertiary/aromatic N) is 2. The van der Waals surface area contributed by atoms with Gasteiger partial charge in [0, 0.05) is 25.7 Å². The Kier molecular flexibility index (Phi) is 3.14. The van der Waals surface area contributed by atoms with Crippen molar-refractivity contribution in [2.24, 2.45) is 5.92 Å². The second-order valence-electron chi connectivity index (χ2n) is 6.66. The average molecular weight is 286 g/mol. The molecule has 4 aliphatic heterocycles. The van der Waals surface area contributed by atoms with E-state index in [1.807, 2.05) is 11.8 Å². The number of hydrogen-bond donors (Lipinski definition) is 0. The molecule has 4 heterocycles. The van der Waals surface area contributed by atoms with Gasteiger partial charge >= 0.3 is 6.09 Å². The lowest BCUT2D eigenvalue weighted by molar-refractivity contribution is 0.0707. The first-order valence-corrected chi connectivity index (χ1v) is 7.97. The Morgan fingerprint density at radius 2 is 2.00 bits per heavy atom. The summed E-state index contributed by atoms with van der Waals surface area (Å²) in [6, 6.07) is 11.3. The molecule has 0 aliphatic carbocycles. The summed E-state index contributed by atoms with van der Waals surface area (Å²) in [5.74, 6) is 0.591. The maximum absolute atomic E-state index is 12.0. The van der Waals surface area contributed by atoms with Crippen LogP contribution >= 0.6 is 0 Å². The van der Waals surface area contributed by atoms with Gasteiger partial charge in [-0.1, -0.05) is 30.3 Å². The lowest BCUT2D eigenvalue weighted by Gasteiger charge is -2.39. The lowest BCUT2D eigenvalue weighted by Crippen LogP contribution is -2.51. The maximum atomic E-state index is 12.0. The summed E-state index contributed by atoms with van der Waals surface area (Å²) in [5.41, 5.74) is 1.36. The summed E-state index contributed by atoms with van der Waals surface area (Å²) in [4.78, 5) is 16.6. The number of ether oxygens (including phenoxy) is 1. The van der Waals surface area contributed by atoms with Gasteiger partial charge in [-0.25, -0.2) is 4.79 Å². The molecule has 1 aromatic carbocycles. The van der Waals surface area contributed by atoms with Gasteiger partial charge in [0.25, 0.3) is 0 Å². The molecule has 4 aliphatic rings. The zero-order valence-electron chi connectivity index (χ0n) is 12.4. The van der Waals surface area contributed by atoms with Crippen molar-refractivity contribution < 1.29 is 9.53 Å². The second kappa shape index (κ2) is 5.02. The van der Waals surface area contributed by atoms with Gasteiger partial charge in [-0.3, -0.25) is 9.80 Å². The van der Waals surface area contributed by atoms with Crippen molar-refractivity contribution >= 4 is 6.09 Å². The molecule has 112 valence electrons. The van der Waals surface area contributed by atoms with Crippen molar-refractivity contribution in [2.75, 3.05) is 13.1 Å². The molecule has 2 bridgehead atoms. The first-order valence-electron chi connectivity index (χ1n) is 7.97. The highest BCUT2D eigenvalue weighted by atomic mass is 16.6. The SMILES string of the molecule is C[C@@H]1OC(=O)N2C[C@@H]3CC[C@H]([C@H]12)N(Cc1ccccc1)C3. The molecule has 4 heteroatoms. The van der Waals surface area contributed by atoms with E-state index in [1.165, 1.54) is 18.4 Å². The smallest absolute Gasteiger partial charge is 0.410 e. The molecule has 4 atom stereocenters. The van der Waals surface area contributed by atoms with Crippen LogP contribution in [0.1, 0.15) is 25.3 Å². The third-order valence-electron chi connectivity index (χ3n) is 5.27.